The number of halogens is 1. The fraction of sp³-hybridized carbons (Fsp3) is 0.353. The van der Waals surface area contributed by atoms with Crippen molar-refractivity contribution in [3.63, 3.8) is 0 Å². The van der Waals surface area contributed by atoms with Crippen LogP contribution < -0.4 is 10.1 Å². The Balaban J connectivity index is 1.63. The third kappa shape index (κ3) is 3.89. The van der Waals surface area contributed by atoms with Gasteiger partial charge in [0.25, 0.3) is 5.91 Å². The molecule has 4 nitrogen and oxygen atoms in total. The zero-order valence-corrected chi connectivity index (χ0v) is 13.4. The van der Waals surface area contributed by atoms with E-state index in [0.717, 1.165) is 17.7 Å². The average molecular weight is 335 g/mol. The summed E-state index contributed by atoms with van der Waals surface area (Å²) >= 11 is 1.63. The van der Waals surface area contributed by atoms with Crippen molar-refractivity contribution in [1.29, 1.82) is 0 Å². The molecular weight excluding hydrogens is 317 g/mol. The van der Waals surface area contributed by atoms with Crippen molar-refractivity contribution in [2.45, 2.75) is 18.4 Å². The van der Waals surface area contributed by atoms with Gasteiger partial charge in [0.05, 0.1) is 5.54 Å². The van der Waals surface area contributed by atoms with Crippen molar-refractivity contribution in [3.8, 4) is 5.75 Å². The molecule has 1 amide bonds. The molecule has 6 heteroatoms. The van der Waals surface area contributed by atoms with Crippen molar-refractivity contribution < 1.29 is 18.7 Å². The maximum Gasteiger partial charge on any atom is 0.258 e. The van der Waals surface area contributed by atoms with Gasteiger partial charge in [0, 0.05) is 18.1 Å². The van der Waals surface area contributed by atoms with E-state index in [2.05, 4.69) is 5.32 Å². The Kier molecular flexibility index (Phi) is 4.93. The van der Waals surface area contributed by atoms with Gasteiger partial charge in [-0.1, -0.05) is 6.07 Å². The fourth-order valence-corrected chi connectivity index (χ4v) is 3.63. The van der Waals surface area contributed by atoms with E-state index in [0.29, 0.717) is 19.0 Å². The summed E-state index contributed by atoms with van der Waals surface area (Å²) in [5, 5.41) is 5.12. The topological polar surface area (TPSA) is 47.6 Å². The molecule has 1 fully saturated rings. The summed E-state index contributed by atoms with van der Waals surface area (Å²) < 4.78 is 23.7. The highest BCUT2D eigenvalue weighted by Crippen LogP contribution is 2.35. The van der Waals surface area contributed by atoms with Crippen LogP contribution in [0.3, 0.4) is 0 Å². The third-order valence-corrected chi connectivity index (χ3v) is 4.98. The summed E-state index contributed by atoms with van der Waals surface area (Å²) in [6, 6.07) is 9.64. The number of carbonyl (C=O) groups is 1. The van der Waals surface area contributed by atoms with Gasteiger partial charge < -0.3 is 14.8 Å². The molecule has 1 saturated heterocycles. The highest BCUT2D eigenvalue weighted by atomic mass is 32.1. The Hall–Kier alpha value is -1.92. The summed E-state index contributed by atoms with van der Waals surface area (Å²) in [6.45, 7) is 1.15. The first kappa shape index (κ1) is 16.0. The van der Waals surface area contributed by atoms with Gasteiger partial charge in [-0.05, 0) is 48.6 Å². The van der Waals surface area contributed by atoms with Gasteiger partial charge in [-0.25, -0.2) is 4.39 Å². The normalized spacial score (nSPS) is 16.7. The Labute approximate surface area is 138 Å². The van der Waals surface area contributed by atoms with E-state index < -0.39 is 0 Å². The number of rotatable bonds is 5. The quantitative estimate of drug-likeness (QED) is 0.913. The molecule has 0 saturated carbocycles. The first-order valence-corrected chi connectivity index (χ1v) is 8.37. The van der Waals surface area contributed by atoms with E-state index in [1.807, 2.05) is 17.5 Å². The Morgan fingerprint density at radius 3 is 2.65 bits per heavy atom. The van der Waals surface area contributed by atoms with Gasteiger partial charge in [-0.2, -0.15) is 0 Å². The molecule has 0 atom stereocenters. The standard InChI is InChI=1S/C17H18FNO3S/c18-13-3-5-14(6-4-13)22-12-16(20)19-17(7-9-21-10-8-17)15-2-1-11-23-15/h1-6,11H,7-10,12H2,(H,19,20). The molecule has 1 aliphatic heterocycles. The van der Waals surface area contributed by atoms with Gasteiger partial charge in [0.2, 0.25) is 0 Å². The van der Waals surface area contributed by atoms with Crippen molar-refractivity contribution in [1.82, 2.24) is 5.32 Å². The minimum atomic E-state index is -0.379. The number of thiophene rings is 1. The van der Waals surface area contributed by atoms with Crippen LogP contribution in [0.5, 0.6) is 5.75 Å². The lowest BCUT2D eigenvalue weighted by molar-refractivity contribution is -0.126. The molecule has 1 N–H and O–H groups in total. The molecule has 0 radical (unpaired) electrons. The molecule has 2 heterocycles. The van der Waals surface area contributed by atoms with Gasteiger partial charge in [0.1, 0.15) is 11.6 Å². The summed E-state index contributed by atoms with van der Waals surface area (Å²) in [5.74, 6) is -0.0519. The molecule has 0 spiro atoms. The minimum absolute atomic E-state index is 0.0976. The molecular formula is C17H18FNO3S. The summed E-state index contributed by atoms with van der Waals surface area (Å²) in [6.07, 6.45) is 1.49. The number of carbonyl (C=O) groups excluding carboxylic acids is 1. The van der Waals surface area contributed by atoms with Crippen molar-refractivity contribution in [2.24, 2.45) is 0 Å². The number of amides is 1. The van der Waals surface area contributed by atoms with Crippen LogP contribution in [0.15, 0.2) is 41.8 Å². The first-order valence-electron chi connectivity index (χ1n) is 7.49. The minimum Gasteiger partial charge on any atom is -0.484 e. The highest BCUT2D eigenvalue weighted by molar-refractivity contribution is 7.10. The van der Waals surface area contributed by atoms with Crippen LogP contribution >= 0.6 is 11.3 Å². The molecule has 3 rings (SSSR count). The maximum atomic E-state index is 12.9. The number of nitrogens with one attached hydrogen (secondary N) is 1. The Bertz CT molecular complexity index is 636. The van der Waals surface area contributed by atoms with E-state index in [1.165, 1.54) is 24.3 Å². The number of hydrogen-bond acceptors (Lipinski definition) is 4. The third-order valence-electron chi connectivity index (χ3n) is 3.90. The number of ether oxygens (including phenoxy) is 2. The lowest BCUT2D eigenvalue weighted by atomic mass is 9.88. The second-order valence-corrected chi connectivity index (χ2v) is 6.41. The monoisotopic (exact) mass is 335 g/mol. The van der Waals surface area contributed by atoms with Crippen molar-refractivity contribution >= 4 is 17.2 Å². The van der Waals surface area contributed by atoms with E-state index in [-0.39, 0.29) is 23.9 Å². The van der Waals surface area contributed by atoms with E-state index in [9.17, 15) is 9.18 Å². The molecule has 122 valence electrons. The summed E-state index contributed by atoms with van der Waals surface area (Å²) in [7, 11) is 0. The SMILES string of the molecule is O=C(COc1ccc(F)cc1)NC1(c2cccs2)CCOCC1. The number of benzene rings is 1. The summed E-state index contributed by atoms with van der Waals surface area (Å²) in [4.78, 5) is 13.4. The van der Waals surface area contributed by atoms with Crippen LogP contribution in [0.2, 0.25) is 0 Å². The first-order chi connectivity index (χ1) is 11.2. The lowest BCUT2D eigenvalue weighted by Crippen LogP contribution is -2.50. The molecule has 23 heavy (non-hydrogen) atoms. The Morgan fingerprint density at radius 1 is 1.26 bits per heavy atom. The average Bonchev–Trinajstić information content (AvgIpc) is 3.10. The van der Waals surface area contributed by atoms with Gasteiger partial charge >= 0.3 is 0 Å². The Morgan fingerprint density at radius 2 is 2.00 bits per heavy atom. The van der Waals surface area contributed by atoms with E-state index in [1.54, 1.807) is 11.3 Å². The maximum absolute atomic E-state index is 12.9. The van der Waals surface area contributed by atoms with E-state index in [4.69, 9.17) is 9.47 Å². The predicted molar refractivity (Wildman–Crippen MR) is 86.1 cm³/mol. The lowest BCUT2D eigenvalue weighted by Gasteiger charge is -2.37. The second kappa shape index (κ2) is 7.10. The van der Waals surface area contributed by atoms with Crippen LogP contribution in [-0.2, 0) is 15.1 Å². The van der Waals surface area contributed by atoms with Crippen molar-refractivity contribution in [2.75, 3.05) is 19.8 Å². The van der Waals surface area contributed by atoms with Crippen LogP contribution in [0, 0.1) is 5.82 Å². The largest absolute Gasteiger partial charge is 0.484 e. The smallest absolute Gasteiger partial charge is 0.258 e. The van der Waals surface area contributed by atoms with E-state index >= 15 is 0 Å². The molecule has 0 bridgehead atoms. The summed E-state index contributed by atoms with van der Waals surface area (Å²) in [5.41, 5.74) is -0.379. The van der Waals surface area contributed by atoms with Crippen LogP contribution in [0.4, 0.5) is 4.39 Å². The molecule has 1 aliphatic rings. The highest BCUT2D eigenvalue weighted by Gasteiger charge is 2.36. The zero-order valence-electron chi connectivity index (χ0n) is 12.6. The molecule has 0 unspecified atom stereocenters. The predicted octanol–water partition coefficient (Wildman–Crippen LogP) is 3.09. The molecule has 1 aromatic heterocycles. The molecule has 2 aromatic rings. The fourth-order valence-electron chi connectivity index (χ4n) is 2.69. The van der Waals surface area contributed by atoms with Crippen LogP contribution in [-0.4, -0.2) is 25.7 Å². The second-order valence-electron chi connectivity index (χ2n) is 5.46. The molecule has 1 aromatic carbocycles. The van der Waals surface area contributed by atoms with Gasteiger partial charge in [-0.3, -0.25) is 4.79 Å². The van der Waals surface area contributed by atoms with Crippen LogP contribution in [0.1, 0.15) is 17.7 Å². The van der Waals surface area contributed by atoms with Crippen LogP contribution in [0.25, 0.3) is 0 Å². The number of hydrogen-bond donors (Lipinski definition) is 1. The molecule has 0 aliphatic carbocycles. The van der Waals surface area contributed by atoms with Gasteiger partial charge in [-0.15, -0.1) is 11.3 Å². The van der Waals surface area contributed by atoms with Crippen molar-refractivity contribution in [3.05, 3.63) is 52.5 Å². The zero-order chi connectivity index (χ0) is 16.1. The van der Waals surface area contributed by atoms with Gasteiger partial charge in [0.15, 0.2) is 6.61 Å².